The molecule has 0 spiro atoms. The molecule has 3 nitrogen and oxygen atoms in total. The van der Waals surface area contributed by atoms with Gasteiger partial charge in [0.1, 0.15) is 10.3 Å². The van der Waals surface area contributed by atoms with Gasteiger partial charge in [-0.25, -0.2) is 4.98 Å². The molecule has 3 aromatic rings. The molecule has 0 radical (unpaired) electrons. The molecule has 3 rings (SSSR count). The summed E-state index contributed by atoms with van der Waals surface area (Å²) in [5.74, 6) is -0.563. The van der Waals surface area contributed by atoms with Crippen LogP contribution < -0.4 is 0 Å². The summed E-state index contributed by atoms with van der Waals surface area (Å²) in [6, 6.07) is 10.8. The maximum Gasteiger partial charge on any atom is 0.418 e. The highest BCUT2D eigenvalue weighted by Crippen LogP contribution is 2.36. The van der Waals surface area contributed by atoms with E-state index in [0.29, 0.717) is 4.60 Å². The Morgan fingerprint density at radius 3 is 2.41 bits per heavy atom. The van der Waals surface area contributed by atoms with Crippen LogP contribution >= 0.6 is 15.9 Å². The number of fused-ring (bicyclic) bond motifs is 1. The predicted octanol–water partition coefficient (Wildman–Crippen LogP) is 4.51. The number of hydrogen-bond acceptors (Lipinski definition) is 2. The van der Waals surface area contributed by atoms with Crippen LogP contribution in [0.1, 0.15) is 15.9 Å². The van der Waals surface area contributed by atoms with Gasteiger partial charge in [-0.2, -0.15) is 13.2 Å². The maximum atomic E-state index is 13.1. The second-order valence-electron chi connectivity index (χ2n) is 4.59. The van der Waals surface area contributed by atoms with Crippen LogP contribution in [0.4, 0.5) is 13.2 Å². The fourth-order valence-electron chi connectivity index (χ4n) is 2.18. The number of pyridine rings is 1. The number of hydrogen-bond donors (Lipinski definition) is 0. The van der Waals surface area contributed by atoms with E-state index in [4.69, 9.17) is 0 Å². The minimum absolute atomic E-state index is 0.0319. The van der Waals surface area contributed by atoms with Crippen molar-refractivity contribution in [2.45, 2.75) is 6.18 Å². The molecule has 0 saturated carbocycles. The van der Waals surface area contributed by atoms with Crippen molar-refractivity contribution in [3.63, 3.8) is 0 Å². The molecule has 0 atom stereocenters. The van der Waals surface area contributed by atoms with Gasteiger partial charge < -0.3 is 0 Å². The Kier molecular flexibility index (Phi) is 3.52. The minimum atomic E-state index is -4.56. The van der Waals surface area contributed by atoms with E-state index in [-0.39, 0.29) is 16.6 Å². The summed E-state index contributed by atoms with van der Waals surface area (Å²) in [4.78, 5) is 16.5. The molecule has 0 amide bonds. The van der Waals surface area contributed by atoms with E-state index >= 15 is 0 Å². The molecular weight excluding hydrogens is 361 g/mol. The summed E-state index contributed by atoms with van der Waals surface area (Å²) in [5, 5.41) is -0.111. The largest absolute Gasteiger partial charge is 0.418 e. The van der Waals surface area contributed by atoms with E-state index in [1.54, 1.807) is 30.3 Å². The third kappa shape index (κ3) is 2.52. The highest BCUT2D eigenvalue weighted by atomic mass is 79.9. The van der Waals surface area contributed by atoms with Gasteiger partial charge in [0.2, 0.25) is 0 Å². The third-order valence-corrected chi connectivity index (χ3v) is 3.60. The molecule has 22 heavy (non-hydrogen) atoms. The zero-order valence-electron chi connectivity index (χ0n) is 10.9. The van der Waals surface area contributed by atoms with Crippen LogP contribution in [0.5, 0.6) is 0 Å². The first-order chi connectivity index (χ1) is 10.4. The van der Waals surface area contributed by atoms with Crippen molar-refractivity contribution in [1.29, 1.82) is 0 Å². The molecule has 2 aromatic heterocycles. The number of aromatic nitrogens is 2. The number of alkyl halides is 3. The molecular formula is C15H8BrF3N2O. The summed E-state index contributed by atoms with van der Waals surface area (Å²) < 4.78 is 40.7. The molecule has 0 aliphatic carbocycles. The quantitative estimate of drug-likeness (QED) is 0.592. The molecule has 0 saturated heterocycles. The summed E-state index contributed by atoms with van der Waals surface area (Å²) in [5.41, 5.74) is -0.628. The Morgan fingerprint density at radius 2 is 1.77 bits per heavy atom. The third-order valence-electron chi connectivity index (χ3n) is 3.16. The van der Waals surface area contributed by atoms with Crippen LogP contribution in [0.2, 0.25) is 0 Å². The van der Waals surface area contributed by atoms with Gasteiger partial charge in [0.05, 0.1) is 5.56 Å². The lowest BCUT2D eigenvalue weighted by molar-refractivity contribution is -0.136. The minimum Gasteiger partial charge on any atom is -0.268 e. The van der Waals surface area contributed by atoms with E-state index < -0.39 is 17.6 Å². The van der Waals surface area contributed by atoms with E-state index in [2.05, 4.69) is 20.9 Å². The lowest BCUT2D eigenvalue weighted by Gasteiger charge is -2.03. The van der Waals surface area contributed by atoms with Crippen LogP contribution in [0.25, 0.3) is 11.0 Å². The van der Waals surface area contributed by atoms with Crippen molar-refractivity contribution in [2.75, 3.05) is 0 Å². The summed E-state index contributed by atoms with van der Waals surface area (Å²) >= 11 is 3.11. The Morgan fingerprint density at radius 1 is 1.09 bits per heavy atom. The fraction of sp³-hybridized carbons (Fsp3) is 0.0667. The smallest absolute Gasteiger partial charge is 0.268 e. The fourth-order valence-corrected chi connectivity index (χ4v) is 2.48. The summed E-state index contributed by atoms with van der Waals surface area (Å²) in [6.07, 6.45) is -3.77. The van der Waals surface area contributed by atoms with Crippen molar-refractivity contribution in [2.24, 2.45) is 0 Å². The number of nitrogens with zero attached hydrogens (tertiary/aromatic N) is 2. The van der Waals surface area contributed by atoms with Crippen LogP contribution in [-0.2, 0) is 6.18 Å². The maximum absolute atomic E-state index is 13.1. The Balaban J connectivity index is 2.26. The number of carbonyl (C=O) groups is 1. The number of rotatable bonds is 1. The standard InChI is InChI=1S/C15H8BrF3N2O/c16-12-7-6-10-11(15(17,18)19)8-21(13(10)20-12)14(22)9-4-2-1-3-5-9/h1-8H. The van der Waals surface area contributed by atoms with Crippen molar-refractivity contribution in [3.8, 4) is 0 Å². The van der Waals surface area contributed by atoms with Crippen molar-refractivity contribution in [3.05, 3.63) is 64.4 Å². The second kappa shape index (κ2) is 5.24. The van der Waals surface area contributed by atoms with E-state index in [9.17, 15) is 18.0 Å². The van der Waals surface area contributed by atoms with Crippen molar-refractivity contribution >= 4 is 32.9 Å². The van der Waals surface area contributed by atoms with Crippen molar-refractivity contribution < 1.29 is 18.0 Å². The molecule has 0 aliphatic rings. The van der Waals surface area contributed by atoms with Gasteiger partial charge in [0, 0.05) is 17.1 Å². The molecule has 2 heterocycles. The topological polar surface area (TPSA) is 34.9 Å². The number of carbonyl (C=O) groups excluding carboxylic acids is 1. The molecule has 0 N–H and O–H groups in total. The van der Waals surface area contributed by atoms with Crippen LogP contribution in [0.15, 0.2) is 53.3 Å². The zero-order chi connectivity index (χ0) is 15.9. The first kappa shape index (κ1) is 14.8. The highest BCUT2D eigenvalue weighted by Gasteiger charge is 2.35. The van der Waals surface area contributed by atoms with Gasteiger partial charge in [-0.3, -0.25) is 9.36 Å². The number of halogens is 4. The second-order valence-corrected chi connectivity index (χ2v) is 5.40. The highest BCUT2D eigenvalue weighted by molar-refractivity contribution is 9.10. The number of benzene rings is 1. The van der Waals surface area contributed by atoms with E-state index in [1.807, 2.05) is 0 Å². The van der Waals surface area contributed by atoms with Gasteiger partial charge in [0.25, 0.3) is 5.91 Å². The average Bonchev–Trinajstić information content (AvgIpc) is 2.86. The molecule has 0 fully saturated rings. The van der Waals surface area contributed by atoms with Gasteiger partial charge in [-0.1, -0.05) is 18.2 Å². The summed E-state index contributed by atoms with van der Waals surface area (Å²) in [6.45, 7) is 0. The summed E-state index contributed by atoms with van der Waals surface area (Å²) in [7, 11) is 0. The lowest BCUT2D eigenvalue weighted by Crippen LogP contribution is -2.11. The Labute approximate surface area is 131 Å². The zero-order valence-corrected chi connectivity index (χ0v) is 12.5. The van der Waals surface area contributed by atoms with E-state index in [0.717, 1.165) is 10.8 Å². The first-order valence-electron chi connectivity index (χ1n) is 6.22. The molecule has 1 aromatic carbocycles. The predicted molar refractivity (Wildman–Crippen MR) is 78.6 cm³/mol. The van der Waals surface area contributed by atoms with Crippen LogP contribution in [0.3, 0.4) is 0 Å². The van der Waals surface area contributed by atoms with Crippen LogP contribution in [0, 0.1) is 0 Å². The Bertz CT molecular complexity index is 856. The molecule has 0 aliphatic heterocycles. The normalized spacial score (nSPS) is 11.8. The molecule has 112 valence electrons. The lowest BCUT2D eigenvalue weighted by atomic mass is 10.2. The van der Waals surface area contributed by atoms with Crippen LogP contribution in [-0.4, -0.2) is 15.5 Å². The Hall–Kier alpha value is -2.15. The molecule has 0 unspecified atom stereocenters. The van der Waals surface area contributed by atoms with Crippen molar-refractivity contribution in [1.82, 2.24) is 9.55 Å². The van der Waals surface area contributed by atoms with Gasteiger partial charge >= 0.3 is 6.18 Å². The van der Waals surface area contributed by atoms with Gasteiger partial charge in [-0.05, 0) is 40.2 Å². The monoisotopic (exact) mass is 368 g/mol. The average molecular weight is 369 g/mol. The molecule has 7 heteroatoms. The van der Waals surface area contributed by atoms with Gasteiger partial charge in [0.15, 0.2) is 0 Å². The SMILES string of the molecule is O=C(c1ccccc1)n1cc(C(F)(F)F)c2ccc(Br)nc21. The van der Waals surface area contributed by atoms with Gasteiger partial charge in [-0.15, -0.1) is 0 Å². The van der Waals surface area contributed by atoms with E-state index in [1.165, 1.54) is 12.1 Å². The molecule has 0 bridgehead atoms. The first-order valence-corrected chi connectivity index (χ1v) is 7.02.